The number of unbranched alkanes of at least 4 members (excludes halogenated alkanes) is 16. The number of carbonyl (C=O) groups excluding carboxylic acids is 1. The Labute approximate surface area is 231 Å². The molecule has 0 radical (unpaired) electrons. The fourth-order valence-electron chi connectivity index (χ4n) is 4.56. The van der Waals surface area contributed by atoms with Gasteiger partial charge in [0.2, 0.25) is 0 Å². The maximum absolute atomic E-state index is 11.8. The van der Waals surface area contributed by atoms with Crippen molar-refractivity contribution in [3.8, 4) is 0 Å². The predicted molar refractivity (Wildman–Crippen MR) is 150 cm³/mol. The third kappa shape index (κ3) is 20.7. The van der Waals surface area contributed by atoms with Gasteiger partial charge in [-0.2, -0.15) is 0 Å². The van der Waals surface area contributed by atoms with Crippen molar-refractivity contribution >= 4 is 11.9 Å². The van der Waals surface area contributed by atoms with Gasteiger partial charge in [0.15, 0.2) is 6.10 Å². The zero-order chi connectivity index (χ0) is 28.4. The predicted octanol–water partition coefficient (Wildman–Crippen LogP) is 5.92. The van der Waals surface area contributed by atoms with Crippen LogP contribution in [0.15, 0.2) is 0 Å². The van der Waals surface area contributed by atoms with Crippen molar-refractivity contribution in [2.75, 3.05) is 13.2 Å². The molecule has 0 aromatic heterocycles. The molecular formula is C30H58O8. The number of aliphatic carboxylic acids is 1. The van der Waals surface area contributed by atoms with Crippen molar-refractivity contribution in [2.24, 2.45) is 0 Å². The zero-order valence-electron chi connectivity index (χ0n) is 24.3. The number of aliphatic hydroxyl groups excluding tert-OH is 3. The van der Waals surface area contributed by atoms with Crippen LogP contribution in [0.5, 0.6) is 0 Å². The van der Waals surface area contributed by atoms with E-state index < -0.39 is 43.0 Å². The minimum atomic E-state index is -1.14. The van der Waals surface area contributed by atoms with Crippen LogP contribution in [0, 0.1) is 0 Å². The molecule has 0 spiro atoms. The maximum Gasteiger partial charge on any atom is 0.306 e. The average Bonchev–Trinajstić information content (AvgIpc) is 3.23. The first-order chi connectivity index (χ1) is 18.4. The number of carboxylic acid groups (broad SMARTS) is 1. The van der Waals surface area contributed by atoms with E-state index in [1.54, 1.807) is 0 Å². The summed E-state index contributed by atoms with van der Waals surface area (Å²) in [4.78, 5) is 22.0. The SMILES string of the molecule is CCCCCCCCCCCC(=O)O.CCCCCCCCCCCC(=O)O[C@H](CO)[C@H]1OC[C@H](O)[C@H]1O. The summed E-state index contributed by atoms with van der Waals surface area (Å²) in [5.74, 6) is -1.05. The fraction of sp³-hybridized carbons (Fsp3) is 0.933. The number of carboxylic acids is 1. The highest BCUT2D eigenvalue weighted by molar-refractivity contribution is 5.69. The second-order valence-corrected chi connectivity index (χ2v) is 10.6. The van der Waals surface area contributed by atoms with Gasteiger partial charge in [0, 0.05) is 12.8 Å². The van der Waals surface area contributed by atoms with Gasteiger partial charge >= 0.3 is 11.9 Å². The lowest BCUT2D eigenvalue weighted by molar-refractivity contribution is -0.162. The molecule has 8 heteroatoms. The first-order valence-corrected chi connectivity index (χ1v) is 15.4. The van der Waals surface area contributed by atoms with Crippen molar-refractivity contribution in [1.29, 1.82) is 0 Å². The first kappa shape index (κ1) is 36.8. The molecule has 226 valence electrons. The molecule has 0 aliphatic carbocycles. The molecule has 4 N–H and O–H groups in total. The largest absolute Gasteiger partial charge is 0.481 e. The summed E-state index contributed by atoms with van der Waals surface area (Å²) in [6.45, 7) is 3.99. The van der Waals surface area contributed by atoms with E-state index in [0.717, 1.165) is 32.1 Å². The number of hydrogen-bond donors (Lipinski definition) is 4. The van der Waals surface area contributed by atoms with Crippen LogP contribution in [0.25, 0.3) is 0 Å². The Bertz CT molecular complexity index is 556. The highest BCUT2D eigenvalue weighted by Gasteiger charge is 2.41. The van der Waals surface area contributed by atoms with Crippen LogP contribution in [-0.4, -0.2) is 70.0 Å². The van der Waals surface area contributed by atoms with Gasteiger partial charge in [0.1, 0.15) is 18.3 Å². The summed E-state index contributed by atoms with van der Waals surface area (Å²) in [6, 6.07) is 0. The molecule has 1 aliphatic rings. The third-order valence-corrected chi connectivity index (χ3v) is 7.00. The number of aliphatic hydroxyl groups is 3. The smallest absolute Gasteiger partial charge is 0.306 e. The summed E-state index contributed by atoms with van der Waals surface area (Å²) in [6.07, 6.45) is 18.4. The highest BCUT2D eigenvalue weighted by Crippen LogP contribution is 2.20. The summed E-state index contributed by atoms with van der Waals surface area (Å²) in [5, 5.41) is 36.9. The topological polar surface area (TPSA) is 134 Å². The molecule has 1 rings (SSSR count). The zero-order valence-corrected chi connectivity index (χ0v) is 24.3. The summed E-state index contributed by atoms with van der Waals surface area (Å²) in [7, 11) is 0. The summed E-state index contributed by atoms with van der Waals surface area (Å²) in [5.41, 5.74) is 0. The minimum Gasteiger partial charge on any atom is -0.481 e. The first-order valence-electron chi connectivity index (χ1n) is 15.4. The van der Waals surface area contributed by atoms with E-state index in [4.69, 9.17) is 14.6 Å². The van der Waals surface area contributed by atoms with Crippen LogP contribution in [-0.2, 0) is 19.1 Å². The average molecular weight is 547 g/mol. The molecule has 1 aliphatic heterocycles. The van der Waals surface area contributed by atoms with Gasteiger partial charge in [-0.05, 0) is 12.8 Å². The highest BCUT2D eigenvalue weighted by atomic mass is 16.6. The van der Waals surface area contributed by atoms with E-state index in [2.05, 4.69) is 13.8 Å². The molecule has 0 saturated carbocycles. The van der Waals surface area contributed by atoms with Gasteiger partial charge in [-0.3, -0.25) is 9.59 Å². The van der Waals surface area contributed by atoms with E-state index in [1.165, 1.54) is 83.5 Å². The Balaban J connectivity index is 0.000000835. The molecule has 38 heavy (non-hydrogen) atoms. The van der Waals surface area contributed by atoms with Crippen LogP contribution < -0.4 is 0 Å². The lowest BCUT2D eigenvalue weighted by Crippen LogP contribution is -2.43. The number of ether oxygens (including phenoxy) is 2. The van der Waals surface area contributed by atoms with Gasteiger partial charge < -0.3 is 29.9 Å². The van der Waals surface area contributed by atoms with Crippen LogP contribution in [0.2, 0.25) is 0 Å². The number of hydrogen-bond acceptors (Lipinski definition) is 7. The van der Waals surface area contributed by atoms with Gasteiger partial charge in [-0.25, -0.2) is 0 Å². The molecular weight excluding hydrogens is 488 g/mol. The van der Waals surface area contributed by atoms with Crippen LogP contribution >= 0.6 is 0 Å². The molecule has 1 saturated heterocycles. The quantitative estimate of drug-likeness (QED) is 0.0916. The lowest BCUT2D eigenvalue weighted by atomic mass is 10.1. The lowest BCUT2D eigenvalue weighted by Gasteiger charge is -2.24. The Hall–Kier alpha value is -1.22. The van der Waals surface area contributed by atoms with Crippen molar-refractivity contribution in [3.05, 3.63) is 0 Å². The summed E-state index contributed by atoms with van der Waals surface area (Å²) >= 11 is 0. The van der Waals surface area contributed by atoms with Gasteiger partial charge in [-0.15, -0.1) is 0 Å². The molecule has 4 atom stereocenters. The van der Waals surface area contributed by atoms with E-state index in [0.29, 0.717) is 12.8 Å². The van der Waals surface area contributed by atoms with Crippen molar-refractivity contribution < 1.29 is 39.5 Å². The van der Waals surface area contributed by atoms with Crippen molar-refractivity contribution in [2.45, 2.75) is 167 Å². The Morgan fingerprint density at radius 2 is 1.16 bits per heavy atom. The molecule has 8 nitrogen and oxygen atoms in total. The Morgan fingerprint density at radius 1 is 0.737 bits per heavy atom. The van der Waals surface area contributed by atoms with Crippen LogP contribution in [0.1, 0.15) is 142 Å². The maximum atomic E-state index is 11.8. The second kappa shape index (κ2) is 26.0. The normalized spacial score (nSPS) is 19.6. The van der Waals surface area contributed by atoms with Gasteiger partial charge in [-0.1, -0.05) is 117 Å². The number of carbonyl (C=O) groups is 2. The van der Waals surface area contributed by atoms with Crippen LogP contribution in [0.3, 0.4) is 0 Å². The molecule has 0 unspecified atom stereocenters. The van der Waals surface area contributed by atoms with Crippen LogP contribution in [0.4, 0.5) is 0 Å². The molecule has 0 amide bonds. The van der Waals surface area contributed by atoms with Crippen molar-refractivity contribution in [1.82, 2.24) is 0 Å². The fourth-order valence-corrected chi connectivity index (χ4v) is 4.56. The second-order valence-electron chi connectivity index (χ2n) is 10.6. The number of esters is 1. The monoisotopic (exact) mass is 546 g/mol. The van der Waals surface area contributed by atoms with E-state index >= 15 is 0 Å². The van der Waals surface area contributed by atoms with E-state index in [1.807, 2.05) is 0 Å². The molecule has 0 aromatic rings. The minimum absolute atomic E-state index is 0.0157. The standard InChI is InChI=1S/C18H34O6.C12H24O2/c1-2-3-4-5-6-7-8-9-10-11-16(21)24-15(12-19)18-17(22)14(20)13-23-18;1-2-3-4-5-6-7-8-9-10-11-12(13)14/h14-15,17-20,22H,2-13H2,1H3;2-11H2,1H3,(H,13,14)/t14-,15+,17+,18+;/m0./s1. The Kier molecular flexibility index (Phi) is 25.2. The van der Waals surface area contributed by atoms with Crippen molar-refractivity contribution in [3.63, 3.8) is 0 Å². The van der Waals surface area contributed by atoms with Gasteiger partial charge in [0.05, 0.1) is 13.2 Å². The molecule has 1 fully saturated rings. The molecule has 0 bridgehead atoms. The Morgan fingerprint density at radius 3 is 1.53 bits per heavy atom. The van der Waals surface area contributed by atoms with E-state index in [9.17, 15) is 24.9 Å². The molecule has 1 heterocycles. The van der Waals surface area contributed by atoms with Gasteiger partial charge in [0.25, 0.3) is 0 Å². The number of rotatable bonds is 23. The third-order valence-electron chi connectivity index (χ3n) is 7.00. The van der Waals surface area contributed by atoms with E-state index in [-0.39, 0.29) is 6.61 Å². The summed E-state index contributed by atoms with van der Waals surface area (Å²) < 4.78 is 10.4. The molecule has 0 aromatic carbocycles.